The molecule has 2 heterocycles. The molecule has 7 heteroatoms. The topological polar surface area (TPSA) is 81.9 Å². The Hall–Kier alpha value is -3.22. The van der Waals surface area contributed by atoms with Gasteiger partial charge in [-0.1, -0.05) is 30.3 Å². The second kappa shape index (κ2) is 7.77. The number of ether oxygens (including phenoxy) is 1. The lowest BCUT2D eigenvalue weighted by molar-refractivity contribution is 0.0526. The highest BCUT2D eigenvalue weighted by Crippen LogP contribution is 2.22. The molecular weight excluding hydrogens is 330 g/mol. The van der Waals surface area contributed by atoms with Crippen molar-refractivity contribution in [2.24, 2.45) is 0 Å². The van der Waals surface area contributed by atoms with Crippen molar-refractivity contribution in [2.75, 3.05) is 11.9 Å². The van der Waals surface area contributed by atoms with Crippen LogP contribution in [0.25, 0.3) is 5.95 Å². The number of carbonyl (C=O) groups excluding carboxylic acids is 1. The molecule has 2 aromatic heterocycles. The van der Waals surface area contributed by atoms with Gasteiger partial charge in [-0.3, -0.25) is 0 Å². The van der Waals surface area contributed by atoms with Gasteiger partial charge >= 0.3 is 5.97 Å². The SMILES string of the molecule is CCOC(=O)c1cnc(-n2cc(C)cn2)nc1N[C@@H](C)c1ccccc1. The summed E-state index contributed by atoms with van der Waals surface area (Å²) in [7, 11) is 0. The summed E-state index contributed by atoms with van der Waals surface area (Å²) in [5.74, 6) is 0.338. The van der Waals surface area contributed by atoms with Gasteiger partial charge in [0.1, 0.15) is 11.4 Å². The molecule has 0 saturated heterocycles. The highest BCUT2D eigenvalue weighted by molar-refractivity contribution is 5.94. The van der Waals surface area contributed by atoms with Crippen LogP contribution in [0.1, 0.15) is 41.4 Å². The molecule has 1 atom stereocenters. The molecule has 3 rings (SSSR count). The van der Waals surface area contributed by atoms with E-state index in [9.17, 15) is 4.79 Å². The van der Waals surface area contributed by atoms with E-state index in [1.165, 1.54) is 6.20 Å². The second-order valence-corrected chi connectivity index (χ2v) is 5.89. The molecule has 0 unspecified atom stereocenters. The maximum atomic E-state index is 12.3. The molecule has 26 heavy (non-hydrogen) atoms. The summed E-state index contributed by atoms with van der Waals surface area (Å²) >= 11 is 0. The predicted molar refractivity (Wildman–Crippen MR) is 98.3 cm³/mol. The zero-order valence-corrected chi connectivity index (χ0v) is 15.0. The number of aryl methyl sites for hydroxylation is 1. The molecule has 7 nitrogen and oxygen atoms in total. The fraction of sp³-hybridized carbons (Fsp3) is 0.263. The van der Waals surface area contributed by atoms with E-state index < -0.39 is 5.97 Å². The normalized spacial score (nSPS) is 11.8. The Morgan fingerprint density at radius 2 is 2.04 bits per heavy atom. The lowest BCUT2D eigenvalue weighted by Crippen LogP contribution is -2.16. The summed E-state index contributed by atoms with van der Waals surface area (Å²) in [6.07, 6.45) is 5.02. The maximum absolute atomic E-state index is 12.3. The van der Waals surface area contributed by atoms with Crippen molar-refractivity contribution in [1.29, 1.82) is 0 Å². The predicted octanol–water partition coefficient (Wildman–Crippen LogP) is 3.32. The number of nitrogens with zero attached hydrogens (tertiary/aromatic N) is 4. The van der Waals surface area contributed by atoms with Crippen LogP contribution < -0.4 is 5.32 Å². The summed E-state index contributed by atoms with van der Waals surface area (Å²) < 4.78 is 6.70. The fourth-order valence-electron chi connectivity index (χ4n) is 2.50. The lowest BCUT2D eigenvalue weighted by Gasteiger charge is -2.17. The number of esters is 1. The standard InChI is InChI=1S/C19H21N5O2/c1-4-26-18(25)16-11-20-19(24-12-13(2)10-21-24)23-17(16)22-14(3)15-8-6-5-7-9-15/h5-12,14H,4H2,1-3H3,(H,20,22,23)/t14-/m0/s1. The van der Waals surface area contributed by atoms with Crippen LogP contribution in [0.15, 0.2) is 48.9 Å². The molecule has 1 N–H and O–H groups in total. The van der Waals surface area contributed by atoms with Gasteiger partial charge in [-0.2, -0.15) is 10.1 Å². The van der Waals surface area contributed by atoms with Crippen LogP contribution in [-0.2, 0) is 4.74 Å². The van der Waals surface area contributed by atoms with Gasteiger partial charge in [0.15, 0.2) is 0 Å². The Balaban J connectivity index is 1.96. The fourth-order valence-corrected chi connectivity index (χ4v) is 2.50. The van der Waals surface area contributed by atoms with Gasteiger partial charge in [-0.15, -0.1) is 0 Å². The Morgan fingerprint density at radius 1 is 1.27 bits per heavy atom. The zero-order chi connectivity index (χ0) is 18.5. The number of rotatable bonds is 6. The van der Waals surface area contributed by atoms with Crippen LogP contribution in [0, 0.1) is 6.92 Å². The van der Waals surface area contributed by atoms with Crippen LogP contribution in [0.3, 0.4) is 0 Å². The summed E-state index contributed by atoms with van der Waals surface area (Å²) in [5.41, 5.74) is 2.37. The highest BCUT2D eigenvalue weighted by Gasteiger charge is 2.19. The first-order valence-electron chi connectivity index (χ1n) is 8.45. The van der Waals surface area contributed by atoms with Crippen LogP contribution >= 0.6 is 0 Å². The number of carbonyl (C=O) groups is 1. The Kier molecular flexibility index (Phi) is 5.26. The number of benzene rings is 1. The second-order valence-electron chi connectivity index (χ2n) is 5.89. The molecule has 0 aliphatic carbocycles. The summed E-state index contributed by atoms with van der Waals surface area (Å²) in [5, 5.41) is 7.51. The monoisotopic (exact) mass is 351 g/mol. The molecule has 0 amide bonds. The van der Waals surface area contributed by atoms with Crippen molar-refractivity contribution >= 4 is 11.8 Å². The number of aromatic nitrogens is 4. The van der Waals surface area contributed by atoms with Crippen LogP contribution in [0.2, 0.25) is 0 Å². The zero-order valence-electron chi connectivity index (χ0n) is 15.0. The lowest BCUT2D eigenvalue weighted by atomic mass is 10.1. The quantitative estimate of drug-likeness (QED) is 0.686. The van der Waals surface area contributed by atoms with E-state index in [4.69, 9.17) is 4.74 Å². The summed E-state index contributed by atoms with van der Waals surface area (Å²) in [6, 6.07) is 9.88. The first-order valence-corrected chi connectivity index (χ1v) is 8.45. The Morgan fingerprint density at radius 3 is 2.69 bits per heavy atom. The van der Waals surface area contributed by atoms with E-state index in [1.54, 1.807) is 17.8 Å². The van der Waals surface area contributed by atoms with Crippen LogP contribution in [0.4, 0.5) is 5.82 Å². The van der Waals surface area contributed by atoms with E-state index >= 15 is 0 Å². The Bertz CT molecular complexity index is 892. The molecule has 134 valence electrons. The van der Waals surface area contributed by atoms with Crippen LogP contribution in [-0.4, -0.2) is 32.3 Å². The average Bonchev–Trinajstić information content (AvgIpc) is 3.09. The van der Waals surface area contributed by atoms with Crippen LogP contribution in [0.5, 0.6) is 0 Å². The van der Waals surface area contributed by atoms with Gasteiger partial charge in [0, 0.05) is 18.4 Å². The van der Waals surface area contributed by atoms with Gasteiger partial charge in [0.2, 0.25) is 0 Å². The minimum absolute atomic E-state index is 0.0496. The molecule has 0 aliphatic rings. The van der Waals surface area contributed by atoms with E-state index in [0.29, 0.717) is 17.3 Å². The van der Waals surface area contributed by atoms with E-state index in [1.807, 2.05) is 50.4 Å². The number of nitrogens with one attached hydrogen (secondary N) is 1. The first kappa shape index (κ1) is 17.6. The maximum Gasteiger partial charge on any atom is 0.343 e. The van der Waals surface area contributed by atoms with Gasteiger partial charge < -0.3 is 10.1 Å². The van der Waals surface area contributed by atoms with Gasteiger partial charge in [-0.05, 0) is 31.9 Å². The molecule has 0 bridgehead atoms. The average molecular weight is 351 g/mol. The number of hydrogen-bond acceptors (Lipinski definition) is 6. The van der Waals surface area contributed by atoms with E-state index in [2.05, 4.69) is 20.4 Å². The third-order valence-electron chi connectivity index (χ3n) is 3.84. The number of hydrogen-bond donors (Lipinski definition) is 1. The summed E-state index contributed by atoms with van der Waals surface area (Å²) in [6.45, 7) is 5.99. The van der Waals surface area contributed by atoms with Crippen molar-refractivity contribution < 1.29 is 9.53 Å². The highest BCUT2D eigenvalue weighted by atomic mass is 16.5. The first-order chi connectivity index (χ1) is 12.6. The third kappa shape index (κ3) is 3.88. The van der Waals surface area contributed by atoms with Crippen molar-refractivity contribution in [1.82, 2.24) is 19.7 Å². The molecular formula is C19H21N5O2. The molecule has 0 aliphatic heterocycles. The van der Waals surface area contributed by atoms with Crippen molar-refractivity contribution in [3.8, 4) is 5.95 Å². The molecule has 0 saturated carbocycles. The Labute approximate surface area is 152 Å². The largest absolute Gasteiger partial charge is 0.462 e. The minimum atomic E-state index is -0.460. The van der Waals surface area contributed by atoms with Gasteiger partial charge in [0.25, 0.3) is 5.95 Å². The smallest absolute Gasteiger partial charge is 0.343 e. The molecule has 1 aromatic carbocycles. The van der Waals surface area contributed by atoms with Crippen molar-refractivity contribution in [3.05, 3.63) is 65.6 Å². The van der Waals surface area contributed by atoms with Crippen molar-refractivity contribution in [3.63, 3.8) is 0 Å². The molecule has 0 spiro atoms. The van der Waals surface area contributed by atoms with Gasteiger partial charge in [0.05, 0.1) is 12.8 Å². The minimum Gasteiger partial charge on any atom is -0.462 e. The molecule has 0 radical (unpaired) electrons. The van der Waals surface area contributed by atoms with E-state index in [0.717, 1.165) is 11.1 Å². The third-order valence-corrected chi connectivity index (χ3v) is 3.84. The van der Waals surface area contributed by atoms with E-state index in [-0.39, 0.29) is 12.6 Å². The summed E-state index contributed by atoms with van der Waals surface area (Å²) in [4.78, 5) is 21.0. The van der Waals surface area contributed by atoms with Gasteiger partial charge in [-0.25, -0.2) is 14.5 Å². The molecule has 0 fully saturated rings. The van der Waals surface area contributed by atoms with Crippen molar-refractivity contribution in [2.45, 2.75) is 26.8 Å². The molecule has 3 aromatic rings. The number of anilines is 1.